The van der Waals surface area contributed by atoms with Crippen molar-refractivity contribution in [1.29, 1.82) is 0 Å². The highest BCUT2D eigenvalue weighted by Crippen LogP contribution is 2.34. The second-order valence-electron chi connectivity index (χ2n) is 8.91. The van der Waals surface area contributed by atoms with E-state index in [9.17, 15) is 9.59 Å². The fraction of sp³-hybridized carbons (Fsp3) is 0.286. The van der Waals surface area contributed by atoms with E-state index in [2.05, 4.69) is 33.7 Å². The molecule has 2 aliphatic rings. The zero-order valence-corrected chi connectivity index (χ0v) is 22.3. The summed E-state index contributed by atoms with van der Waals surface area (Å²) in [5.41, 5.74) is 5.22. The summed E-state index contributed by atoms with van der Waals surface area (Å²) in [4.78, 5) is 29.5. The van der Waals surface area contributed by atoms with Crippen molar-refractivity contribution >= 4 is 46.3 Å². The number of hydrogen-bond donors (Lipinski definition) is 0. The van der Waals surface area contributed by atoms with Gasteiger partial charge in [-0.2, -0.15) is 0 Å². The van der Waals surface area contributed by atoms with E-state index in [4.69, 9.17) is 21.1 Å². The molecule has 0 saturated carbocycles. The summed E-state index contributed by atoms with van der Waals surface area (Å²) in [7, 11) is 0. The van der Waals surface area contributed by atoms with Gasteiger partial charge in [0.2, 0.25) is 0 Å². The van der Waals surface area contributed by atoms with Crippen LogP contribution >= 0.6 is 23.4 Å². The van der Waals surface area contributed by atoms with Gasteiger partial charge in [0.25, 0.3) is 11.1 Å². The Bertz CT molecular complexity index is 1330. The third kappa shape index (κ3) is 5.56. The summed E-state index contributed by atoms with van der Waals surface area (Å²) in [6.07, 6.45) is 1.81. The number of imide groups is 1. The Kier molecular flexibility index (Phi) is 7.60. The number of thioether (sulfide) groups is 1. The van der Waals surface area contributed by atoms with Crippen LogP contribution in [0.15, 0.2) is 59.5 Å². The average Bonchev–Trinajstić information content (AvgIpc) is 3.34. The number of ether oxygens (including phenoxy) is 2. The predicted octanol–water partition coefficient (Wildman–Crippen LogP) is 5.70. The quantitative estimate of drug-likeness (QED) is 0.360. The fourth-order valence-corrected chi connectivity index (χ4v) is 5.57. The lowest BCUT2D eigenvalue weighted by molar-refractivity contribution is -0.123. The highest BCUT2D eigenvalue weighted by atomic mass is 35.5. The van der Waals surface area contributed by atoms with Crippen molar-refractivity contribution in [3.05, 3.63) is 81.5 Å². The van der Waals surface area contributed by atoms with E-state index < -0.39 is 0 Å². The Labute approximate surface area is 225 Å². The topological polar surface area (TPSA) is 64.0 Å². The zero-order chi connectivity index (χ0) is 25.9. The number of amides is 2. The van der Waals surface area contributed by atoms with Crippen molar-refractivity contribution in [2.75, 3.05) is 44.4 Å². The minimum absolute atomic E-state index is 0.180. The first-order valence-corrected chi connectivity index (χ1v) is 13.4. The van der Waals surface area contributed by atoms with E-state index in [1.165, 1.54) is 10.6 Å². The number of halogens is 1. The van der Waals surface area contributed by atoms with Crippen molar-refractivity contribution in [2.24, 2.45) is 0 Å². The Balaban J connectivity index is 1.28. The average molecular weight is 538 g/mol. The number of aryl methyl sites for hydroxylation is 1. The number of benzene rings is 2. The summed E-state index contributed by atoms with van der Waals surface area (Å²) >= 11 is 6.86. The number of carbonyl (C=O) groups excluding carboxylic acids is 2. The van der Waals surface area contributed by atoms with Gasteiger partial charge < -0.3 is 18.9 Å². The molecule has 2 amide bonds. The lowest BCUT2D eigenvalue weighted by Crippen LogP contribution is -2.36. The predicted molar refractivity (Wildman–Crippen MR) is 148 cm³/mol. The largest absolute Gasteiger partial charge is 0.492 e. The fourth-order valence-electron chi connectivity index (χ4n) is 4.58. The summed E-state index contributed by atoms with van der Waals surface area (Å²) in [6.45, 7) is 7.75. The molecule has 1 aromatic heterocycles. The smallest absolute Gasteiger partial charge is 0.293 e. The monoisotopic (exact) mass is 537 g/mol. The number of carbonyl (C=O) groups is 2. The number of nitrogens with zero attached hydrogens (tertiary/aromatic N) is 3. The van der Waals surface area contributed by atoms with Gasteiger partial charge in [0.15, 0.2) is 0 Å². The maximum Gasteiger partial charge on any atom is 0.293 e. The summed E-state index contributed by atoms with van der Waals surface area (Å²) in [5, 5.41) is 0.330. The van der Waals surface area contributed by atoms with E-state index in [0.717, 1.165) is 60.7 Å². The van der Waals surface area contributed by atoms with Crippen LogP contribution in [0.1, 0.15) is 17.0 Å². The molecule has 37 heavy (non-hydrogen) atoms. The standard InChI is InChI=1S/C28H28ClN3O4S/c1-19-17-21(20(2)32(19)24-7-5-23(6-8-24)30-11-14-35-15-12-30)18-26-27(33)31(28(34)37-26)13-16-36-25-9-3-22(29)4-10-25/h3-10,17-18H,11-16H2,1-2H3/b26-18-. The molecule has 5 rings (SSSR count). The molecule has 3 aromatic rings. The number of aromatic nitrogens is 1. The van der Waals surface area contributed by atoms with Crippen molar-refractivity contribution in [3.63, 3.8) is 0 Å². The number of rotatable bonds is 7. The van der Waals surface area contributed by atoms with Gasteiger partial charge in [-0.15, -0.1) is 0 Å². The molecule has 0 radical (unpaired) electrons. The normalized spacial score (nSPS) is 17.2. The van der Waals surface area contributed by atoms with Crippen molar-refractivity contribution in [3.8, 4) is 11.4 Å². The van der Waals surface area contributed by atoms with E-state index in [1.54, 1.807) is 24.3 Å². The van der Waals surface area contributed by atoms with Crippen LogP contribution in [0.5, 0.6) is 5.75 Å². The van der Waals surface area contributed by atoms with Crippen LogP contribution in [-0.4, -0.2) is 60.1 Å². The van der Waals surface area contributed by atoms with E-state index in [-0.39, 0.29) is 24.3 Å². The molecule has 2 aliphatic heterocycles. The maximum atomic E-state index is 13.0. The molecule has 0 bridgehead atoms. The van der Waals surface area contributed by atoms with Gasteiger partial charge in [0, 0.05) is 40.9 Å². The van der Waals surface area contributed by atoms with E-state index >= 15 is 0 Å². The van der Waals surface area contributed by atoms with E-state index in [0.29, 0.717) is 15.7 Å². The van der Waals surface area contributed by atoms with Crippen LogP contribution in [0.25, 0.3) is 11.8 Å². The second-order valence-corrected chi connectivity index (χ2v) is 10.3. The molecule has 2 aromatic carbocycles. The highest BCUT2D eigenvalue weighted by molar-refractivity contribution is 8.18. The van der Waals surface area contributed by atoms with E-state index in [1.807, 2.05) is 26.0 Å². The Hall–Kier alpha value is -3.20. The summed E-state index contributed by atoms with van der Waals surface area (Å²) < 4.78 is 13.3. The number of hydrogen-bond acceptors (Lipinski definition) is 6. The molecule has 2 fully saturated rings. The first-order valence-electron chi connectivity index (χ1n) is 12.2. The molecule has 0 unspecified atom stereocenters. The van der Waals surface area contributed by atoms with Crippen LogP contribution < -0.4 is 9.64 Å². The first kappa shape index (κ1) is 25.4. The Morgan fingerprint density at radius 2 is 1.68 bits per heavy atom. The van der Waals surface area contributed by atoms with Gasteiger partial charge in [0.05, 0.1) is 24.7 Å². The lowest BCUT2D eigenvalue weighted by Gasteiger charge is -2.29. The molecule has 3 heterocycles. The van der Waals surface area contributed by atoms with Gasteiger partial charge in [0.1, 0.15) is 12.4 Å². The minimum atomic E-state index is -0.297. The van der Waals surface area contributed by atoms with Gasteiger partial charge in [-0.3, -0.25) is 14.5 Å². The molecular formula is C28H28ClN3O4S. The molecular weight excluding hydrogens is 510 g/mol. The third-order valence-corrected chi connectivity index (χ3v) is 7.67. The molecule has 0 N–H and O–H groups in total. The summed E-state index contributed by atoms with van der Waals surface area (Å²) in [6, 6.07) is 17.5. The van der Waals surface area contributed by atoms with Gasteiger partial charge in [-0.25, -0.2) is 0 Å². The van der Waals surface area contributed by atoms with Crippen molar-refractivity contribution in [2.45, 2.75) is 13.8 Å². The van der Waals surface area contributed by atoms with Crippen LogP contribution in [0.3, 0.4) is 0 Å². The summed E-state index contributed by atoms with van der Waals surface area (Å²) in [5.74, 6) is 0.340. The Morgan fingerprint density at radius 1 is 1.00 bits per heavy atom. The third-order valence-electron chi connectivity index (χ3n) is 6.51. The molecule has 7 nitrogen and oxygen atoms in total. The molecule has 0 spiro atoms. The maximum absolute atomic E-state index is 13.0. The van der Waals surface area contributed by atoms with Crippen LogP contribution in [0.4, 0.5) is 10.5 Å². The molecule has 9 heteroatoms. The minimum Gasteiger partial charge on any atom is -0.492 e. The van der Waals surface area contributed by atoms with Crippen molar-refractivity contribution < 1.29 is 19.1 Å². The second kappa shape index (κ2) is 11.0. The first-order chi connectivity index (χ1) is 17.9. The zero-order valence-electron chi connectivity index (χ0n) is 20.8. The van der Waals surface area contributed by atoms with Crippen LogP contribution in [0.2, 0.25) is 5.02 Å². The lowest BCUT2D eigenvalue weighted by atomic mass is 10.2. The molecule has 0 atom stereocenters. The van der Waals surface area contributed by atoms with Crippen molar-refractivity contribution in [1.82, 2.24) is 9.47 Å². The van der Waals surface area contributed by atoms with Gasteiger partial charge in [-0.1, -0.05) is 11.6 Å². The highest BCUT2D eigenvalue weighted by Gasteiger charge is 2.35. The molecule has 2 saturated heterocycles. The molecule has 0 aliphatic carbocycles. The SMILES string of the molecule is Cc1cc(/C=C2\SC(=O)N(CCOc3ccc(Cl)cc3)C2=O)c(C)n1-c1ccc(N2CCOCC2)cc1. The van der Waals surface area contributed by atoms with Gasteiger partial charge >= 0.3 is 0 Å². The molecule has 192 valence electrons. The number of anilines is 1. The Morgan fingerprint density at radius 3 is 2.38 bits per heavy atom. The van der Waals surface area contributed by atoms with Crippen LogP contribution in [0, 0.1) is 13.8 Å². The number of morpholine rings is 1. The van der Waals surface area contributed by atoms with Crippen LogP contribution in [-0.2, 0) is 9.53 Å². The van der Waals surface area contributed by atoms with Gasteiger partial charge in [-0.05, 0) is 91.8 Å².